The fraction of sp³-hybridized carbons (Fsp3) is 0.727. The standard InChI is InChI=1S/C11H19N3S2/c1-11(2)3-4-14(5-6-15-11)10-13-8-9(7-12)16-10/h8H,3-7,12H2,1-2H3. The molecule has 2 rings (SSSR count). The number of hydrogen-bond donors (Lipinski definition) is 1. The number of thiazole rings is 1. The molecule has 1 fully saturated rings. The van der Waals surface area contributed by atoms with E-state index >= 15 is 0 Å². The van der Waals surface area contributed by atoms with Gasteiger partial charge in [0.1, 0.15) is 0 Å². The predicted molar refractivity (Wildman–Crippen MR) is 73.4 cm³/mol. The fourth-order valence-electron chi connectivity index (χ4n) is 1.75. The van der Waals surface area contributed by atoms with Crippen LogP contribution in [0.3, 0.4) is 0 Å². The van der Waals surface area contributed by atoms with Crippen LogP contribution in [-0.2, 0) is 6.54 Å². The molecule has 0 radical (unpaired) electrons. The van der Waals surface area contributed by atoms with Crippen LogP contribution < -0.4 is 10.6 Å². The minimum atomic E-state index is 0.405. The molecule has 0 bridgehead atoms. The van der Waals surface area contributed by atoms with Crippen molar-refractivity contribution in [3.63, 3.8) is 0 Å². The number of hydrogen-bond acceptors (Lipinski definition) is 5. The van der Waals surface area contributed by atoms with E-state index in [9.17, 15) is 0 Å². The quantitative estimate of drug-likeness (QED) is 0.883. The summed E-state index contributed by atoms with van der Waals surface area (Å²) >= 11 is 3.79. The third-order valence-corrected chi connectivity index (χ3v) is 5.30. The Hall–Kier alpha value is -0.260. The molecule has 1 aliphatic heterocycles. The van der Waals surface area contributed by atoms with Crippen molar-refractivity contribution >= 4 is 28.2 Å². The van der Waals surface area contributed by atoms with Gasteiger partial charge in [0.15, 0.2) is 5.13 Å². The molecule has 1 aromatic heterocycles. The van der Waals surface area contributed by atoms with Crippen LogP contribution in [0.25, 0.3) is 0 Å². The molecule has 2 heterocycles. The van der Waals surface area contributed by atoms with Gasteiger partial charge in [-0.25, -0.2) is 4.98 Å². The van der Waals surface area contributed by atoms with Crippen LogP contribution in [0.4, 0.5) is 5.13 Å². The smallest absolute Gasteiger partial charge is 0.185 e. The van der Waals surface area contributed by atoms with E-state index in [1.54, 1.807) is 11.3 Å². The Labute approximate surface area is 105 Å². The molecular weight excluding hydrogens is 238 g/mol. The highest BCUT2D eigenvalue weighted by Gasteiger charge is 2.24. The van der Waals surface area contributed by atoms with Crippen molar-refractivity contribution in [2.45, 2.75) is 31.6 Å². The maximum absolute atomic E-state index is 5.61. The first kappa shape index (κ1) is 12.2. The van der Waals surface area contributed by atoms with Gasteiger partial charge in [-0.2, -0.15) is 11.8 Å². The first-order valence-corrected chi connectivity index (χ1v) is 7.45. The maximum Gasteiger partial charge on any atom is 0.185 e. The highest BCUT2D eigenvalue weighted by molar-refractivity contribution is 8.00. The van der Waals surface area contributed by atoms with E-state index in [-0.39, 0.29) is 0 Å². The van der Waals surface area contributed by atoms with Crippen molar-refractivity contribution in [3.8, 4) is 0 Å². The number of thioether (sulfide) groups is 1. The third kappa shape index (κ3) is 2.90. The monoisotopic (exact) mass is 257 g/mol. The van der Waals surface area contributed by atoms with Crippen molar-refractivity contribution in [2.75, 3.05) is 23.7 Å². The van der Waals surface area contributed by atoms with Gasteiger partial charge < -0.3 is 10.6 Å². The summed E-state index contributed by atoms with van der Waals surface area (Å²) in [5.74, 6) is 1.19. The molecule has 1 saturated heterocycles. The largest absolute Gasteiger partial charge is 0.347 e. The summed E-state index contributed by atoms with van der Waals surface area (Å²) in [4.78, 5) is 8.02. The van der Waals surface area contributed by atoms with Gasteiger partial charge in [-0.1, -0.05) is 13.8 Å². The lowest BCUT2D eigenvalue weighted by molar-refractivity contribution is 0.637. The normalized spacial score (nSPS) is 20.8. The molecule has 1 aromatic rings. The molecule has 90 valence electrons. The lowest BCUT2D eigenvalue weighted by atomic mass is 10.1. The number of anilines is 1. The molecule has 0 aromatic carbocycles. The van der Waals surface area contributed by atoms with E-state index in [1.807, 2.05) is 6.20 Å². The number of nitrogens with two attached hydrogens (primary N) is 1. The van der Waals surface area contributed by atoms with Crippen molar-refractivity contribution < 1.29 is 0 Å². The van der Waals surface area contributed by atoms with Crippen molar-refractivity contribution in [1.82, 2.24) is 4.98 Å². The molecule has 2 N–H and O–H groups in total. The minimum absolute atomic E-state index is 0.405. The molecule has 0 unspecified atom stereocenters. The van der Waals surface area contributed by atoms with Crippen LogP contribution >= 0.6 is 23.1 Å². The SMILES string of the molecule is CC1(C)CCN(c2ncc(CN)s2)CCS1. The van der Waals surface area contributed by atoms with E-state index in [1.165, 1.54) is 17.1 Å². The zero-order valence-corrected chi connectivity index (χ0v) is 11.5. The average Bonchev–Trinajstić information content (AvgIpc) is 2.64. The van der Waals surface area contributed by atoms with Crippen LogP contribution in [0, 0.1) is 0 Å². The highest BCUT2D eigenvalue weighted by atomic mass is 32.2. The summed E-state index contributed by atoms with van der Waals surface area (Å²) in [7, 11) is 0. The topological polar surface area (TPSA) is 42.2 Å². The zero-order valence-electron chi connectivity index (χ0n) is 9.90. The highest BCUT2D eigenvalue weighted by Crippen LogP contribution is 2.33. The zero-order chi connectivity index (χ0) is 11.6. The van der Waals surface area contributed by atoms with Gasteiger partial charge in [0.05, 0.1) is 0 Å². The first-order chi connectivity index (χ1) is 7.61. The summed E-state index contributed by atoms with van der Waals surface area (Å²) in [5.41, 5.74) is 5.61. The molecule has 16 heavy (non-hydrogen) atoms. The van der Waals surface area contributed by atoms with E-state index in [0.29, 0.717) is 11.3 Å². The molecule has 0 atom stereocenters. The predicted octanol–water partition coefficient (Wildman–Crippen LogP) is 2.32. The second-order valence-electron chi connectivity index (χ2n) is 4.66. The number of nitrogens with zero attached hydrogens (tertiary/aromatic N) is 2. The Balaban J connectivity index is 2.04. The minimum Gasteiger partial charge on any atom is -0.347 e. The van der Waals surface area contributed by atoms with Crippen LogP contribution in [0.2, 0.25) is 0 Å². The number of aromatic nitrogens is 1. The van der Waals surface area contributed by atoms with E-state index in [4.69, 9.17) is 5.73 Å². The summed E-state index contributed by atoms with van der Waals surface area (Å²) in [6, 6.07) is 0. The van der Waals surface area contributed by atoms with E-state index in [0.717, 1.165) is 18.2 Å². The second-order valence-corrected chi connectivity index (χ2v) is 7.55. The van der Waals surface area contributed by atoms with Gasteiger partial charge >= 0.3 is 0 Å². The Kier molecular flexibility index (Phi) is 3.77. The molecule has 0 spiro atoms. The van der Waals surface area contributed by atoms with Crippen LogP contribution in [0.5, 0.6) is 0 Å². The Morgan fingerprint density at radius 2 is 2.31 bits per heavy atom. The molecule has 5 heteroatoms. The third-order valence-electron chi connectivity index (χ3n) is 2.85. The van der Waals surface area contributed by atoms with Gasteiger partial charge in [-0.05, 0) is 6.42 Å². The second kappa shape index (κ2) is 4.94. The fourth-order valence-corrected chi connectivity index (χ4v) is 3.69. The molecular formula is C11H19N3S2. The maximum atomic E-state index is 5.61. The Morgan fingerprint density at radius 3 is 3.00 bits per heavy atom. The van der Waals surface area contributed by atoms with Gasteiger partial charge in [0.25, 0.3) is 0 Å². The van der Waals surface area contributed by atoms with Crippen LogP contribution in [0.1, 0.15) is 25.1 Å². The summed E-state index contributed by atoms with van der Waals surface area (Å²) in [6.07, 6.45) is 3.12. The lowest BCUT2D eigenvalue weighted by Crippen LogP contribution is -2.26. The van der Waals surface area contributed by atoms with Crippen LogP contribution in [-0.4, -0.2) is 28.6 Å². The first-order valence-electron chi connectivity index (χ1n) is 5.64. The van der Waals surface area contributed by atoms with E-state index in [2.05, 4.69) is 35.5 Å². The molecule has 0 amide bonds. The van der Waals surface area contributed by atoms with Gasteiger partial charge in [0, 0.05) is 41.2 Å². The Morgan fingerprint density at radius 1 is 1.50 bits per heavy atom. The summed E-state index contributed by atoms with van der Waals surface area (Å²) in [6.45, 7) is 7.47. The summed E-state index contributed by atoms with van der Waals surface area (Å²) < 4.78 is 0.405. The molecule has 0 aliphatic carbocycles. The van der Waals surface area contributed by atoms with Crippen molar-refractivity contribution in [3.05, 3.63) is 11.1 Å². The lowest BCUT2D eigenvalue weighted by Gasteiger charge is -2.22. The van der Waals surface area contributed by atoms with E-state index < -0.39 is 0 Å². The van der Waals surface area contributed by atoms with Crippen molar-refractivity contribution in [2.24, 2.45) is 5.73 Å². The molecule has 1 aliphatic rings. The average molecular weight is 257 g/mol. The van der Waals surface area contributed by atoms with Gasteiger partial charge in [-0.3, -0.25) is 0 Å². The van der Waals surface area contributed by atoms with Crippen LogP contribution in [0.15, 0.2) is 6.20 Å². The number of rotatable bonds is 2. The summed E-state index contributed by atoms with van der Waals surface area (Å²) in [5, 5.41) is 1.14. The van der Waals surface area contributed by atoms with Gasteiger partial charge in [0.2, 0.25) is 0 Å². The molecule has 0 saturated carbocycles. The Bertz CT molecular complexity index is 349. The van der Waals surface area contributed by atoms with Gasteiger partial charge in [-0.15, -0.1) is 11.3 Å². The molecule has 3 nitrogen and oxygen atoms in total. The van der Waals surface area contributed by atoms with Crippen molar-refractivity contribution in [1.29, 1.82) is 0 Å².